The van der Waals surface area contributed by atoms with Crippen LogP contribution in [0.4, 0.5) is 17.3 Å². The van der Waals surface area contributed by atoms with Gasteiger partial charge in [-0.1, -0.05) is 12.1 Å². The molecule has 4 heterocycles. The van der Waals surface area contributed by atoms with Crippen molar-refractivity contribution in [1.82, 2.24) is 24.8 Å². The summed E-state index contributed by atoms with van der Waals surface area (Å²) in [4.78, 5) is 56.4. The van der Waals surface area contributed by atoms with E-state index in [1.807, 2.05) is 25.1 Å². The summed E-state index contributed by atoms with van der Waals surface area (Å²) in [6.07, 6.45) is 4.85. The third kappa shape index (κ3) is 7.14. The molecule has 0 atom stereocenters. The number of aromatic nitrogens is 3. The second kappa shape index (κ2) is 13.2. The molecule has 0 unspecified atom stereocenters. The van der Waals surface area contributed by atoms with Gasteiger partial charge in [0.05, 0.1) is 24.1 Å². The minimum Gasteiger partial charge on any atom is -0.422 e. The molecule has 4 aromatic rings. The lowest BCUT2D eigenvalue weighted by atomic mass is 10.1. The molecule has 2 aromatic heterocycles. The molecule has 230 valence electrons. The maximum atomic E-state index is 13.7. The van der Waals surface area contributed by atoms with Crippen molar-refractivity contribution in [3.63, 3.8) is 0 Å². The summed E-state index contributed by atoms with van der Waals surface area (Å²) in [7, 11) is 2.07. The van der Waals surface area contributed by atoms with Crippen LogP contribution in [-0.4, -0.2) is 75.8 Å². The number of benzene rings is 2. The zero-order valence-electron chi connectivity index (χ0n) is 25.1. The van der Waals surface area contributed by atoms with E-state index in [2.05, 4.69) is 42.4 Å². The Labute approximate surface area is 260 Å². The van der Waals surface area contributed by atoms with Gasteiger partial charge in [0.15, 0.2) is 11.5 Å². The van der Waals surface area contributed by atoms with Gasteiger partial charge in [-0.2, -0.15) is 0 Å². The highest BCUT2D eigenvalue weighted by molar-refractivity contribution is 6.08. The van der Waals surface area contributed by atoms with E-state index in [0.29, 0.717) is 35.1 Å². The smallest absolute Gasteiger partial charge is 0.311 e. The Bertz CT molecular complexity index is 1740. The third-order valence-electron chi connectivity index (χ3n) is 7.75. The second-order valence-electron chi connectivity index (χ2n) is 11.1. The van der Waals surface area contributed by atoms with E-state index in [1.54, 1.807) is 48.9 Å². The molecule has 0 aliphatic carbocycles. The average molecular weight is 608 g/mol. The lowest BCUT2D eigenvalue weighted by Gasteiger charge is -2.33. The van der Waals surface area contributed by atoms with Crippen molar-refractivity contribution in [3.05, 3.63) is 83.8 Å². The van der Waals surface area contributed by atoms with Gasteiger partial charge in [-0.15, -0.1) is 0 Å². The minimum absolute atomic E-state index is 0.0525. The van der Waals surface area contributed by atoms with Gasteiger partial charge in [0.25, 0.3) is 5.91 Å². The zero-order valence-corrected chi connectivity index (χ0v) is 25.1. The van der Waals surface area contributed by atoms with Crippen molar-refractivity contribution in [3.8, 4) is 22.8 Å². The molecular weight excluding hydrogens is 574 g/mol. The van der Waals surface area contributed by atoms with E-state index in [-0.39, 0.29) is 29.9 Å². The fourth-order valence-electron chi connectivity index (χ4n) is 5.15. The van der Waals surface area contributed by atoms with Crippen LogP contribution in [-0.2, 0) is 16.1 Å². The number of amides is 1. The maximum Gasteiger partial charge on any atom is 0.311 e. The second-order valence-corrected chi connectivity index (χ2v) is 11.1. The molecule has 0 spiro atoms. The Kier molecular flexibility index (Phi) is 8.76. The van der Waals surface area contributed by atoms with Gasteiger partial charge in [-0.25, -0.2) is 9.97 Å². The van der Waals surface area contributed by atoms with Crippen LogP contribution in [0.3, 0.4) is 0 Å². The van der Waals surface area contributed by atoms with Gasteiger partial charge >= 0.3 is 11.9 Å². The molecule has 2 aromatic carbocycles. The number of anilines is 3. The number of nitrogens with zero attached hydrogens (tertiary/aromatic N) is 5. The molecule has 2 N–H and O–H groups in total. The van der Waals surface area contributed by atoms with E-state index in [9.17, 15) is 14.4 Å². The maximum absolute atomic E-state index is 13.7. The highest BCUT2D eigenvalue weighted by Crippen LogP contribution is 2.38. The van der Waals surface area contributed by atoms with Crippen molar-refractivity contribution in [2.45, 2.75) is 26.3 Å². The molecule has 2 aliphatic heterocycles. The summed E-state index contributed by atoms with van der Waals surface area (Å²) in [5.74, 6) is -1.23. The zero-order chi connectivity index (χ0) is 31.3. The minimum atomic E-state index is -0.603. The van der Waals surface area contributed by atoms with Crippen molar-refractivity contribution in [2.24, 2.45) is 0 Å². The van der Waals surface area contributed by atoms with Crippen molar-refractivity contribution in [2.75, 3.05) is 43.9 Å². The summed E-state index contributed by atoms with van der Waals surface area (Å²) >= 11 is 0. The molecule has 0 bridgehead atoms. The van der Waals surface area contributed by atoms with Gasteiger partial charge < -0.3 is 25.0 Å². The normalized spacial score (nSPS) is 15.7. The van der Waals surface area contributed by atoms with Crippen LogP contribution >= 0.6 is 0 Å². The van der Waals surface area contributed by atoms with Gasteiger partial charge in [-0.3, -0.25) is 24.3 Å². The summed E-state index contributed by atoms with van der Waals surface area (Å²) in [6.45, 7) is 5.90. The van der Waals surface area contributed by atoms with Gasteiger partial charge in [-0.05, 0) is 55.9 Å². The number of aryl methyl sites for hydroxylation is 1. The molecule has 12 nitrogen and oxygen atoms in total. The number of carbonyl (C=O) groups is 3. The van der Waals surface area contributed by atoms with E-state index in [1.165, 1.54) is 0 Å². The monoisotopic (exact) mass is 607 g/mol. The van der Waals surface area contributed by atoms with E-state index >= 15 is 0 Å². The quantitative estimate of drug-likeness (QED) is 0.231. The number of fused-ring (bicyclic) bond motifs is 1. The number of piperazine rings is 1. The topological polar surface area (TPSA) is 139 Å². The molecule has 0 radical (unpaired) electrons. The van der Waals surface area contributed by atoms with Crippen LogP contribution in [0.1, 0.15) is 34.3 Å². The average Bonchev–Trinajstić information content (AvgIpc) is 3.04. The number of hydrogen-bond acceptors (Lipinski definition) is 11. The Morgan fingerprint density at radius 3 is 2.47 bits per heavy atom. The number of likely N-dealkylation sites (N-methyl/N-ethyl adjacent to an activating group) is 1. The van der Waals surface area contributed by atoms with Crippen LogP contribution < -0.4 is 20.1 Å². The molecule has 2 aliphatic rings. The third-order valence-corrected chi connectivity index (χ3v) is 7.75. The van der Waals surface area contributed by atoms with Crippen molar-refractivity contribution < 1.29 is 23.9 Å². The number of hydrogen-bond donors (Lipinski definition) is 2. The van der Waals surface area contributed by atoms with Crippen LogP contribution in [0.25, 0.3) is 11.3 Å². The Morgan fingerprint density at radius 2 is 1.71 bits per heavy atom. The molecular formula is C33H33N7O5. The van der Waals surface area contributed by atoms with Gasteiger partial charge in [0.2, 0.25) is 5.95 Å². The fourth-order valence-corrected chi connectivity index (χ4v) is 5.15. The fraction of sp³-hybridized carbons (Fsp3) is 0.273. The first-order valence-electron chi connectivity index (χ1n) is 14.7. The SMILES string of the molecule is Cc1ccc(NC(=O)c2ccc(CN3CCN(C)CC3)c3c2OC(=O)CCC(=O)O3)cc1Nc1nccc(-c2cccnc2)n1. The number of pyridine rings is 1. The molecule has 1 fully saturated rings. The van der Waals surface area contributed by atoms with Crippen LogP contribution in [0, 0.1) is 6.92 Å². The van der Waals surface area contributed by atoms with Crippen LogP contribution in [0.2, 0.25) is 0 Å². The number of nitrogens with one attached hydrogen (secondary N) is 2. The number of esters is 2. The first kappa shape index (κ1) is 29.9. The first-order chi connectivity index (χ1) is 21.8. The number of rotatable bonds is 7. The van der Waals surface area contributed by atoms with Crippen molar-refractivity contribution in [1.29, 1.82) is 0 Å². The Balaban J connectivity index is 1.26. The van der Waals surface area contributed by atoms with Gasteiger partial charge in [0, 0.05) is 73.8 Å². The molecule has 0 saturated carbocycles. The highest BCUT2D eigenvalue weighted by Gasteiger charge is 2.29. The summed E-state index contributed by atoms with van der Waals surface area (Å²) < 4.78 is 11.4. The number of carbonyl (C=O) groups excluding carboxylic acids is 3. The highest BCUT2D eigenvalue weighted by atomic mass is 16.6. The summed E-state index contributed by atoms with van der Waals surface area (Å²) in [6, 6.07) is 14.3. The Morgan fingerprint density at radius 1 is 0.933 bits per heavy atom. The van der Waals surface area contributed by atoms with Crippen molar-refractivity contribution >= 4 is 35.2 Å². The molecule has 6 rings (SSSR count). The molecule has 12 heteroatoms. The Hall–Kier alpha value is -5.20. The van der Waals surface area contributed by atoms with E-state index in [4.69, 9.17) is 9.47 Å². The van der Waals surface area contributed by atoms with Crippen LogP contribution in [0.15, 0.2) is 67.1 Å². The number of ether oxygens (including phenoxy) is 2. The lowest BCUT2D eigenvalue weighted by Crippen LogP contribution is -2.44. The van der Waals surface area contributed by atoms with E-state index in [0.717, 1.165) is 37.3 Å². The summed E-state index contributed by atoms with van der Waals surface area (Å²) in [5, 5.41) is 6.12. The standard InChI is InChI=1S/C33H33N7O5/c1-21-5-7-24(18-27(21)38-33-35-13-11-26(37-33)22-4-3-12-34-19-22)36-32(43)25-8-6-23(20-40-16-14-39(2)15-17-40)30-31(25)45-29(42)10-9-28(41)44-30/h3-8,11-13,18-19H,9-10,14-17,20H2,1-2H3,(H,36,43)(H,35,37,38). The van der Waals surface area contributed by atoms with Crippen LogP contribution in [0.5, 0.6) is 11.5 Å². The lowest BCUT2D eigenvalue weighted by molar-refractivity contribution is -0.142. The first-order valence-corrected chi connectivity index (χ1v) is 14.7. The molecule has 45 heavy (non-hydrogen) atoms. The largest absolute Gasteiger partial charge is 0.422 e. The van der Waals surface area contributed by atoms with E-state index < -0.39 is 17.8 Å². The predicted molar refractivity (Wildman–Crippen MR) is 167 cm³/mol. The molecule has 1 amide bonds. The molecule has 1 saturated heterocycles. The van der Waals surface area contributed by atoms with Gasteiger partial charge in [0.1, 0.15) is 0 Å². The summed E-state index contributed by atoms with van der Waals surface area (Å²) in [5.41, 5.74) is 4.40. The predicted octanol–water partition coefficient (Wildman–Crippen LogP) is 4.19.